The van der Waals surface area contributed by atoms with E-state index in [1.165, 1.54) is 10.4 Å². The lowest BCUT2D eigenvalue weighted by Crippen LogP contribution is -2.51. The third-order valence-electron chi connectivity index (χ3n) is 6.05. The van der Waals surface area contributed by atoms with E-state index in [1.807, 2.05) is 0 Å². The van der Waals surface area contributed by atoms with E-state index in [0.717, 1.165) is 0 Å². The lowest BCUT2D eigenvalue weighted by molar-refractivity contribution is 1.62. The highest BCUT2D eigenvalue weighted by atomic mass is 28.4. The number of rotatable bonds is 6. The summed E-state index contributed by atoms with van der Waals surface area (Å²) in [5, 5.41) is 3.01. The molecule has 2 aromatic rings. The van der Waals surface area contributed by atoms with Gasteiger partial charge in [0.1, 0.15) is 16.1 Å². The molecule has 0 saturated carbocycles. The minimum absolute atomic E-state index is 1.51. The van der Waals surface area contributed by atoms with Gasteiger partial charge in [-0.1, -0.05) is 148 Å². The van der Waals surface area contributed by atoms with Crippen molar-refractivity contribution in [2.75, 3.05) is 0 Å². The highest BCUT2D eigenvalue weighted by molar-refractivity contribution is 7.11. The van der Waals surface area contributed by atoms with Crippen LogP contribution in [0.4, 0.5) is 0 Å². The summed E-state index contributed by atoms with van der Waals surface area (Å²) in [6, 6.07) is 22.3. The summed E-state index contributed by atoms with van der Waals surface area (Å²) in [6.45, 7) is 24.8. The Morgan fingerprint density at radius 3 is 0.967 bits per heavy atom. The number of hydrogen-bond donors (Lipinski definition) is 0. The molecule has 2 rings (SSSR count). The first-order valence-corrected chi connectivity index (χ1v) is 24.1. The molecule has 160 valence electrons. The average molecular weight is 465 g/mol. The maximum atomic E-state index is 3.90. The maximum Gasteiger partial charge on any atom is 0.112 e. The fraction of sp³-hybridized carbons (Fsp3) is 0.385. The molecule has 2 aromatic carbocycles. The van der Waals surface area contributed by atoms with Gasteiger partial charge < -0.3 is 0 Å². The van der Waals surface area contributed by atoms with Crippen LogP contribution in [-0.4, -0.2) is 32.3 Å². The predicted molar refractivity (Wildman–Crippen MR) is 148 cm³/mol. The van der Waals surface area contributed by atoms with Gasteiger partial charge in [0.15, 0.2) is 0 Å². The van der Waals surface area contributed by atoms with Gasteiger partial charge in [-0.05, 0) is 9.64 Å². The van der Waals surface area contributed by atoms with Crippen LogP contribution in [0.15, 0.2) is 81.8 Å². The average Bonchev–Trinajstić information content (AvgIpc) is 2.64. The molecule has 0 bridgehead atoms. The van der Waals surface area contributed by atoms with Gasteiger partial charge in [0, 0.05) is 0 Å². The SMILES string of the molecule is C[Si](C)(C)C(=C=C=C([Si](C)(C)C)[Si](C)(C)c1ccccc1)[Si](C)(C)c1ccccc1. The molecule has 0 spiro atoms. The third kappa shape index (κ3) is 5.64. The van der Waals surface area contributed by atoms with E-state index in [-0.39, 0.29) is 0 Å². The summed E-state index contributed by atoms with van der Waals surface area (Å²) in [7, 11) is -6.67. The Hall–Kier alpha value is -1.39. The molecule has 0 nitrogen and oxygen atoms in total. The second-order valence-electron chi connectivity index (χ2n) is 11.5. The van der Waals surface area contributed by atoms with Gasteiger partial charge in [-0.15, -0.1) is 0 Å². The minimum Gasteiger partial charge on any atom is -0.0803 e. The van der Waals surface area contributed by atoms with Crippen LogP contribution in [0.25, 0.3) is 0 Å². The van der Waals surface area contributed by atoms with Gasteiger partial charge in [-0.2, -0.15) is 0 Å². The highest BCUT2D eigenvalue weighted by Crippen LogP contribution is 2.27. The van der Waals surface area contributed by atoms with Crippen LogP contribution in [-0.2, 0) is 0 Å². The Bertz CT molecular complexity index is 878. The first-order valence-electron chi connectivity index (χ1n) is 11.1. The fourth-order valence-corrected chi connectivity index (χ4v) is 24.8. The van der Waals surface area contributed by atoms with E-state index in [2.05, 4.69) is 138 Å². The van der Waals surface area contributed by atoms with Crippen LogP contribution in [0.1, 0.15) is 0 Å². The smallest absolute Gasteiger partial charge is 0.0803 e. The van der Waals surface area contributed by atoms with E-state index in [4.69, 9.17) is 0 Å². The molecule has 0 amide bonds. The Morgan fingerprint density at radius 2 is 0.733 bits per heavy atom. The summed E-state index contributed by atoms with van der Waals surface area (Å²) < 4.78 is 0. The van der Waals surface area contributed by atoms with Crippen LogP contribution in [0.2, 0.25) is 65.5 Å². The molecule has 0 N–H and O–H groups in total. The van der Waals surface area contributed by atoms with Crippen molar-refractivity contribution < 1.29 is 0 Å². The van der Waals surface area contributed by atoms with Crippen molar-refractivity contribution in [3.8, 4) is 0 Å². The summed E-state index contributed by atoms with van der Waals surface area (Å²) in [6.07, 6.45) is 0. The van der Waals surface area contributed by atoms with Gasteiger partial charge in [0.2, 0.25) is 0 Å². The Labute approximate surface area is 189 Å². The summed E-state index contributed by atoms with van der Waals surface area (Å²) in [5.74, 6) is 0. The fourth-order valence-electron chi connectivity index (χ4n) is 4.69. The van der Waals surface area contributed by atoms with Crippen molar-refractivity contribution >= 4 is 42.7 Å². The molecule has 30 heavy (non-hydrogen) atoms. The zero-order valence-corrected chi connectivity index (χ0v) is 24.8. The molecular weight excluding hydrogens is 425 g/mol. The van der Waals surface area contributed by atoms with E-state index in [9.17, 15) is 0 Å². The van der Waals surface area contributed by atoms with Crippen molar-refractivity contribution in [1.82, 2.24) is 0 Å². The van der Waals surface area contributed by atoms with Gasteiger partial charge in [0.25, 0.3) is 0 Å². The third-order valence-corrected chi connectivity index (χ3v) is 23.9. The van der Waals surface area contributed by atoms with Crippen LogP contribution in [0, 0.1) is 0 Å². The Kier molecular flexibility index (Phi) is 7.46. The first kappa shape index (κ1) is 24.9. The van der Waals surface area contributed by atoms with E-state index in [1.54, 1.807) is 9.64 Å². The Balaban J connectivity index is 2.87. The van der Waals surface area contributed by atoms with Crippen molar-refractivity contribution in [2.24, 2.45) is 0 Å². The van der Waals surface area contributed by atoms with Crippen LogP contribution in [0.5, 0.6) is 0 Å². The maximum absolute atomic E-state index is 3.90. The van der Waals surface area contributed by atoms with Gasteiger partial charge in [0.05, 0.1) is 16.1 Å². The molecule has 0 aromatic heterocycles. The monoisotopic (exact) mass is 464 g/mol. The van der Waals surface area contributed by atoms with Gasteiger partial charge >= 0.3 is 0 Å². The zero-order valence-electron chi connectivity index (χ0n) is 20.8. The molecule has 0 saturated heterocycles. The van der Waals surface area contributed by atoms with Crippen LogP contribution < -0.4 is 10.4 Å². The van der Waals surface area contributed by atoms with Crippen molar-refractivity contribution in [3.05, 3.63) is 81.8 Å². The second kappa shape index (κ2) is 9.00. The standard InChI is InChI=1S/C26H40Si4/c1-27(2,3)25(29(7,8)23-17-13-11-14-18-23)21-22-26(28(4,5)6)30(9,10)24-19-15-12-16-20-24/h11-20H,1-10H3. The summed E-state index contributed by atoms with van der Waals surface area (Å²) >= 11 is 0. The molecule has 0 radical (unpaired) electrons. The number of hydrogen-bond acceptors (Lipinski definition) is 0. The largest absolute Gasteiger partial charge is 0.112 e. The molecule has 0 aliphatic heterocycles. The molecule has 0 unspecified atom stereocenters. The molecule has 0 heterocycles. The lowest BCUT2D eigenvalue weighted by atomic mass is 10.4. The van der Waals surface area contributed by atoms with Gasteiger partial charge in [-0.25, -0.2) is 0 Å². The minimum atomic E-state index is -1.79. The van der Waals surface area contributed by atoms with Crippen molar-refractivity contribution in [2.45, 2.75) is 65.5 Å². The summed E-state index contributed by atoms with van der Waals surface area (Å²) in [5.41, 5.74) is 7.81. The van der Waals surface area contributed by atoms with E-state index < -0.39 is 32.3 Å². The quantitative estimate of drug-likeness (QED) is 0.331. The Morgan fingerprint density at radius 1 is 0.467 bits per heavy atom. The topological polar surface area (TPSA) is 0 Å². The highest BCUT2D eigenvalue weighted by Gasteiger charge is 2.38. The van der Waals surface area contributed by atoms with Crippen molar-refractivity contribution in [1.29, 1.82) is 0 Å². The lowest BCUT2D eigenvalue weighted by Gasteiger charge is -2.34. The second-order valence-corrected chi connectivity index (χ2v) is 31.1. The molecular formula is C26H40Si4. The number of benzene rings is 2. The van der Waals surface area contributed by atoms with Crippen LogP contribution in [0.3, 0.4) is 0 Å². The van der Waals surface area contributed by atoms with E-state index >= 15 is 0 Å². The molecule has 0 atom stereocenters. The predicted octanol–water partition coefficient (Wildman–Crippen LogP) is 6.66. The summed E-state index contributed by atoms with van der Waals surface area (Å²) in [4.78, 5) is 3.18. The zero-order chi connectivity index (χ0) is 22.8. The molecule has 0 fully saturated rings. The first-order chi connectivity index (χ1) is 13.7. The normalized spacial score (nSPS) is 12.7. The molecule has 0 aliphatic carbocycles. The van der Waals surface area contributed by atoms with Crippen molar-refractivity contribution in [3.63, 3.8) is 0 Å². The van der Waals surface area contributed by atoms with Gasteiger partial charge in [-0.3, -0.25) is 0 Å². The van der Waals surface area contributed by atoms with E-state index in [0.29, 0.717) is 0 Å². The molecule has 0 aliphatic rings. The van der Waals surface area contributed by atoms with Crippen LogP contribution >= 0.6 is 0 Å². The molecule has 4 heteroatoms.